The Hall–Kier alpha value is -0.860. The van der Waals surface area contributed by atoms with Crippen LogP contribution in [0, 0.1) is 34.5 Å². The molecule has 3 saturated carbocycles. The molecule has 0 aromatic carbocycles. The zero-order valence-corrected chi connectivity index (χ0v) is 19.6. The second-order valence-corrected chi connectivity index (χ2v) is 12.2. The lowest BCUT2D eigenvalue weighted by Crippen LogP contribution is -2.52. The normalized spacial score (nSPS) is 45.2. The van der Waals surface area contributed by atoms with Crippen LogP contribution in [0.4, 0.5) is 0 Å². The Balaban J connectivity index is 1.59. The Morgan fingerprint density at radius 3 is 2.43 bits per heavy atom. The molecule has 4 aliphatic carbocycles. The van der Waals surface area contributed by atoms with Crippen molar-refractivity contribution >= 4 is 0 Å². The highest BCUT2D eigenvalue weighted by molar-refractivity contribution is 5.26. The third-order valence-electron chi connectivity index (χ3n) is 9.60. The van der Waals surface area contributed by atoms with Crippen molar-refractivity contribution in [2.24, 2.45) is 34.5 Å². The predicted octanol–water partition coefficient (Wildman–Crippen LogP) is 5.16. The van der Waals surface area contributed by atoms with E-state index in [-0.39, 0.29) is 22.9 Å². The number of aliphatic hydroxyl groups is 3. The van der Waals surface area contributed by atoms with Crippen molar-refractivity contribution in [3.8, 4) is 0 Å². The van der Waals surface area contributed by atoms with Crippen LogP contribution in [0.15, 0.2) is 29.5 Å². The molecule has 3 fully saturated rings. The first-order valence-corrected chi connectivity index (χ1v) is 12.1. The lowest BCUT2D eigenvalue weighted by Gasteiger charge is -2.58. The molecule has 0 radical (unpaired) electrons. The molecule has 0 saturated heterocycles. The van der Waals surface area contributed by atoms with Crippen molar-refractivity contribution in [2.75, 3.05) is 0 Å². The second kappa shape index (κ2) is 7.34. The van der Waals surface area contributed by atoms with Gasteiger partial charge in [-0.15, -0.1) is 5.73 Å². The van der Waals surface area contributed by atoms with Crippen LogP contribution < -0.4 is 0 Å². The smallest absolute Gasteiger partial charge is 0.0906 e. The number of aliphatic hydroxyl groups excluding tert-OH is 1. The van der Waals surface area contributed by atoms with E-state index in [9.17, 15) is 15.3 Å². The Morgan fingerprint density at radius 2 is 1.73 bits per heavy atom. The molecule has 3 heteroatoms. The number of hydrogen-bond donors (Lipinski definition) is 3. The van der Waals surface area contributed by atoms with Gasteiger partial charge >= 0.3 is 0 Å². The predicted molar refractivity (Wildman–Crippen MR) is 121 cm³/mol. The highest BCUT2D eigenvalue weighted by Gasteiger charge is 2.61. The summed E-state index contributed by atoms with van der Waals surface area (Å²) in [6, 6.07) is 0. The Labute approximate surface area is 183 Å². The van der Waals surface area contributed by atoms with Gasteiger partial charge in [-0.25, -0.2) is 0 Å². The molecule has 30 heavy (non-hydrogen) atoms. The van der Waals surface area contributed by atoms with Crippen molar-refractivity contribution in [3.05, 3.63) is 29.5 Å². The molecule has 0 aliphatic heterocycles. The molecule has 3 nitrogen and oxygen atoms in total. The Kier molecular flexibility index (Phi) is 5.47. The SMILES string of the molecule is CC(C)(O)C=C=C[C@](C)(O)[C@H]1CC[C@H]2[C@@H]3CC=C4C[C@@H](O)CC[C@]4(C)[C@H]3CC[C@@]21C. The summed E-state index contributed by atoms with van der Waals surface area (Å²) in [6.07, 6.45) is 14.5. The maximum atomic E-state index is 11.4. The van der Waals surface area contributed by atoms with Crippen molar-refractivity contribution in [1.82, 2.24) is 0 Å². The van der Waals surface area contributed by atoms with Crippen molar-refractivity contribution in [3.63, 3.8) is 0 Å². The maximum absolute atomic E-state index is 11.4. The average Bonchev–Trinajstić information content (AvgIpc) is 2.99. The molecule has 8 atom stereocenters. The van der Waals surface area contributed by atoms with Gasteiger partial charge in [-0.1, -0.05) is 25.5 Å². The summed E-state index contributed by atoms with van der Waals surface area (Å²) in [7, 11) is 0. The second-order valence-electron chi connectivity index (χ2n) is 12.2. The van der Waals surface area contributed by atoms with Gasteiger partial charge in [0.15, 0.2) is 0 Å². The number of fused-ring (bicyclic) bond motifs is 5. The molecule has 0 unspecified atom stereocenters. The van der Waals surface area contributed by atoms with Gasteiger partial charge in [-0.05, 0) is 119 Å². The van der Waals surface area contributed by atoms with Crippen LogP contribution in [-0.2, 0) is 0 Å². The van der Waals surface area contributed by atoms with Crippen LogP contribution in [0.2, 0.25) is 0 Å². The van der Waals surface area contributed by atoms with E-state index in [4.69, 9.17) is 0 Å². The van der Waals surface area contributed by atoms with E-state index in [2.05, 4.69) is 25.7 Å². The van der Waals surface area contributed by atoms with Crippen molar-refractivity contribution < 1.29 is 15.3 Å². The third kappa shape index (κ3) is 3.66. The van der Waals surface area contributed by atoms with Gasteiger partial charge in [0.2, 0.25) is 0 Å². The minimum absolute atomic E-state index is 0.146. The molecule has 0 amide bonds. The molecule has 168 valence electrons. The van der Waals surface area contributed by atoms with Gasteiger partial charge in [0.25, 0.3) is 0 Å². The lowest BCUT2D eigenvalue weighted by atomic mass is 9.47. The first-order chi connectivity index (χ1) is 13.9. The van der Waals surface area contributed by atoms with E-state index < -0.39 is 11.2 Å². The highest BCUT2D eigenvalue weighted by atomic mass is 16.3. The fourth-order valence-corrected chi connectivity index (χ4v) is 8.12. The fourth-order valence-electron chi connectivity index (χ4n) is 8.12. The first kappa shape index (κ1) is 22.3. The maximum Gasteiger partial charge on any atom is 0.0906 e. The first-order valence-electron chi connectivity index (χ1n) is 12.1. The molecule has 0 heterocycles. The number of allylic oxidation sites excluding steroid dienone is 1. The summed E-state index contributed by atoms with van der Waals surface area (Å²) in [6.45, 7) is 10.3. The van der Waals surface area contributed by atoms with Gasteiger partial charge in [0.1, 0.15) is 0 Å². The zero-order valence-electron chi connectivity index (χ0n) is 19.6. The lowest BCUT2D eigenvalue weighted by molar-refractivity contribution is -0.0853. The minimum atomic E-state index is -0.915. The van der Waals surface area contributed by atoms with Crippen LogP contribution >= 0.6 is 0 Å². The topological polar surface area (TPSA) is 60.7 Å². The van der Waals surface area contributed by atoms with E-state index in [0.29, 0.717) is 11.8 Å². The Morgan fingerprint density at radius 1 is 1.00 bits per heavy atom. The van der Waals surface area contributed by atoms with Crippen molar-refractivity contribution in [2.45, 2.75) is 103 Å². The van der Waals surface area contributed by atoms with E-state index in [1.807, 2.05) is 6.92 Å². The third-order valence-corrected chi connectivity index (χ3v) is 9.60. The molecular formula is C27H42O3. The fraction of sp³-hybridized carbons (Fsp3) is 0.815. The molecule has 0 spiro atoms. The van der Waals surface area contributed by atoms with Crippen LogP contribution in [0.25, 0.3) is 0 Å². The molecular weight excluding hydrogens is 372 g/mol. The van der Waals surface area contributed by atoms with Crippen LogP contribution in [0.5, 0.6) is 0 Å². The summed E-state index contributed by atoms with van der Waals surface area (Å²) < 4.78 is 0. The zero-order chi connectivity index (χ0) is 21.9. The van der Waals surface area contributed by atoms with E-state index in [1.54, 1.807) is 26.0 Å². The van der Waals surface area contributed by atoms with Crippen LogP contribution in [0.1, 0.15) is 86.0 Å². The highest BCUT2D eigenvalue weighted by Crippen LogP contribution is 2.67. The van der Waals surface area contributed by atoms with Gasteiger partial charge in [0, 0.05) is 0 Å². The number of rotatable bonds is 3. The summed E-state index contributed by atoms with van der Waals surface area (Å²) in [5.41, 5.74) is 3.18. The molecule has 3 N–H and O–H groups in total. The summed E-state index contributed by atoms with van der Waals surface area (Å²) in [5.74, 6) is 2.30. The van der Waals surface area contributed by atoms with Gasteiger partial charge in [-0.2, -0.15) is 0 Å². The quantitative estimate of drug-likeness (QED) is 0.442. The molecule has 4 aliphatic rings. The van der Waals surface area contributed by atoms with E-state index >= 15 is 0 Å². The van der Waals surface area contributed by atoms with Crippen molar-refractivity contribution in [1.29, 1.82) is 0 Å². The summed E-state index contributed by atoms with van der Waals surface area (Å²) in [4.78, 5) is 0. The van der Waals surface area contributed by atoms with Gasteiger partial charge < -0.3 is 15.3 Å². The summed E-state index contributed by atoms with van der Waals surface area (Å²) >= 11 is 0. The molecule has 4 rings (SSSR count). The largest absolute Gasteiger partial charge is 0.393 e. The van der Waals surface area contributed by atoms with E-state index in [1.165, 1.54) is 24.8 Å². The summed E-state index contributed by atoms with van der Waals surface area (Å²) in [5, 5.41) is 31.6. The standard InChI is InChI=1S/C27H42O3/c1-24(2,29)13-6-14-27(5,30)23-10-9-21-20-8-7-18-17-19(28)11-15-25(18,3)22(20)12-16-26(21,23)4/h7,13-14,19-23,28-30H,8-12,15-17H2,1-5H3/t6?,19-,20-,21-,22-,23-,25-,26-,27-/m0/s1. The van der Waals surface area contributed by atoms with E-state index in [0.717, 1.165) is 38.0 Å². The van der Waals surface area contributed by atoms with Crippen LogP contribution in [-0.4, -0.2) is 32.6 Å². The average molecular weight is 415 g/mol. The molecule has 0 aromatic rings. The number of hydrogen-bond acceptors (Lipinski definition) is 3. The monoisotopic (exact) mass is 414 g/mol. The Bertz CT molecular complexity index is 765. The molecule has 0 bridgehead atoms. The van der Waals surface area contributed by atoms with Crippen LogP contribution in [0.3, 0.4) is 0 Å². The minimum Gasteiger partial charge on any atom is -0.393 e. The van der Waals surface area contributed by atoms with Gasteiger partial charge in [0.05, 0.1) is 17.3 Å². The van der Waals surface area contributed by atoms with Gasteiger partial charge in [-0.3, -0.25) is 0 Å². The molecule has 0 aromatic heterocycles.